The molecule has 0 saturated heterocycles. The summed E-state index contributed by atoms with van der Waals surface area (Å²) in [6.07, 6.45) is 6.60. The monoisotopic (exact) mass is 297 g/mol. The summed E-state index contributed by atoms with van der Waals surface area (Å²) in [7, 11) is 1.66. The van der Waals surface area contributed by atoms with E-state index < -0.39 is 0 Å². The predicted octanol–water partition coefficient (Wildman–Crippen LogP) is 4.22. The normalized spacial score (nSPS) is 12.0. The lowest BCUT2D eigenvalue weighted by Crippen LogP contribution is -2.29. The predicted molar refractivity (Wildman–Crippen MR) is 87.5 cm³/mol. The van der Waals surface area contributed by atoms with Crippen molar-refractivity contribution in [1.29, 1.82) is 0 Å². The van der Waals surface area contributed by atoms with Crippen molar-refractivity contribution in [3.05, 3.63) is 23.3 Å². The summed E-state index contributed by atoms with van der Waals surface area (Å²) in [5.41, 5.74) is 2.35. The van der Waals surface area contributed by atoms with Gasteiger partial charge in [0, 0.05) is 20.1 Å². The Balaban J connectivity index is 3.80. The molecule has 0 unspecified atom stereocenters. The van der Waals surface area contributed by atoms with Crippen molar-refractivity contribution in [3.63, 3.8) is 0 Å². The van der Waals surface area contributed by atoms with Crippen molar-refractivity contribution >= 4 is 6.09 Å². The van der Waals surface area contributed by atoms with Gasteiger partial charge in [-0.3, -0.25) is 0 Å². The lowest BCUT2D eigenvalue weighted by molar-refractivity contribution is 0.000258. The Morgan fingerprint density at radius 2 is 1.86 bits per heavy atom. The van der Waals surface area contributed by atoms with Gasteiger partial charge in [-0.05, 0) is 47.5 Å². The number of carbonyl (C=O) groups excluding carboxylic acids is 1. The van der Waals surface area contributed by atoms with E-state index >= 15 is 0 Å². The number of hydrogen-bond acceptors (Lipinski definition) is 3. The van der Waals surface area contributed by atoms with Crippen LogP contribution in [0.4, 0.5) is 4.79 Å². The van der Waals surface area contributed by atoms with Gasteiger partial charge in [-0.2, -0.15) is 0 Å². The van der Waals surface area contributed by atoms with Crippen LogP contribution in [0.3, 0.4) is 0 Å². The Labute approximate surface area is 129 Å². The molecule has 4 nitrogen and oxygen atoms in total. The Kier molecular flexibility index (Phi) is 9.80. The van der Waals surface area contributed by atoms with Gasteiger partial charge in [0.15, 0.2) is 0 Å². The zero-order chi connectivity index (χ0) is 16.3. The maximum Gasteiger partial charge on any atom is 0.407 e. The molecule has 4 heteroatoms. The third-order valence-electron chi connectivity index (χ3n) is 3.28. The van der Waals surface area contributed by atoms with Gasteiger partial charge in [-0.25, -0.2) is 4.79 Å². The fourth-order valence-electron chi connectivity index (χ4n) is 1.54. The molecule has 21 heavy (non-hydrogen) atoms. The largest absolute Gasteiger partial charge is 0.449 e. The van der Waals surface area contributed by atoms with Crippen molar-refractivity contribution in [3.8, 4) is 0 Å². The van der Waals surface area contributed by atoms with E-state index in [-0.39, 0.29) is 11.7 Å². The van der Waals surface area contributed by atoms with E-state index in [4.69, 9.17) is 9.47 Å². The molecule has 0 aliphatic rings. The van der Waals surface area contributed by atoms with Crippen LogP contribution in [0.1, 0.15) is 53.9 Å². The summed E-state index contributed by atoms with van der Waals surface area (Å²) < 4.78 is 10.4. The van der Waals surface area contributed by atoms with Crippen LogP contribution < -0.4 is 5.32 Å². The van der Waals surface area contributed by atoms with E-state index in [1.807, 2.05) is 19.9 Å². The molecule has 0 aliphatic heterocycles. The Morgan fingerprint density at radius 3 is 2.43 bits per heavy atom. The number of ether oxygens (including phenoxy) is 2. The van der Waals surface area contributed by atoms with Gasteiger partial charge in [-0.1, -0.05) is 23.3 Å². The molecule has 0 rings (SSSR count). The molecule has 0 aromatic carbocycles. The number of carbonyl (C=O) groups is 1. The van der Waals surface area contributed by atoms with Gasteiger partial charge in [-0.15, -0.1) is 0 Å². The number of rotatable bonds is 9. The van der Waals surface area contributed by atoms with Gasteiger partial charge >= 0.3 is 6.09 Å². The zero-order valence-electron chi connectivity index (χ0n) is 14.4. The number of alkyl carbamates (subject to hydrolysis) is 1. The third-order valence-corrected chi connectivity index (χ3v) is 3.28. The van der Waals surface area contributed by atoms with Crippen LogP contribution in [0.15, 0.2) is 23.3 Å². The second kappa shape index (κ2) is 10.4. The Hall–Kier alpha value is -1.29. The number of allylic oxidation sites excluding steroid dienone is 3. The van der Waals surface area contributed by atoms with E-state index in [2.05, 4.69) is 32.2 Å². The molecule has 0 aromatic rings. The first-order valence-electron chi connectivity index (χ1n) is 7.51. The summed E-state index contributed by atoms with van der Waals surface area (Å²) in [4.78, 5) is 11.5. The SMILES string of the molecule is COC(C)(C)CCOC(=O)NCC=C(C)CCC=C(C)C. The van der Waals surface area contributed by atoms with Crippen LogP contribution in [0.25, 0.3) is 0 Å². The minimum absolute atomic E-state index is 0.262. The highest BCUT2D eigenvalue weighted by Gasteiger charge is 2.16. The average molecular weight is 297 g/mol. The molecule has 0 radical (unpaired) electrons. The highest BCUT2D eigenvalue weighted by Crippen LogP contribution is 2.12. The molecule has 0 spiro atoms. The second-order valence-electron chi connectivity index (χ2n) is 6.10. The first-order valence-corrected chi connectivity index (χ1v) is 7.51. The number of amides is 1. The van der Waals surface area contributed by atoms with Crippen LogP contribution in [0, 0.1) is 0 Å². The smallest absolute Gasteiger partial charge is 0.407 e. The molecular formula is C17H31NO3. The van der Waals surface area contributed by atoms with Crippen molar-refractivity contribution in [2.75, 3.05) is 20.3 Å². The van der Waals surface area contributed by atoms with Crippen LogP contribution >= 0.6 is 0 Å². The summed E-state index contributed by atoms with van der Waals surface area (Å²) >= 11 is 0. The van der Waals surface area contributed by atoms with E-state index in [1.54, 1.807) is 7.11 Å². The van der Waals surface area contributed by atoms with Crippen LogP contribution in [0.2, 0.25) is 0 Å². The van der Waals surface area contributed by atoms with Crippen molar-refractivity contribution < 1.29 is 14.3 Å². The quantitative estimate of drug-likeness (QED) is 0.648. The van der Waals surface area contributed by atoms with Crippen molar-refractivity contribution in [2.24, 2.45) is 0 Å². The molecular weight excluding hydrogens is 266 g/mol. The highest BCUT2D eigenvalue weighted by molar-refractivity contribution is 5.67. The van der Waals surface area contributed by atoms with Gasteiger partial charge in [0.2, 0.25) is 0 Å². The average Bonchev–Trinajstić information content (AvgIpc) is 2.38. The Morgan fingerprint density at radius 1 is 1.19 bits per heavy atom. The van der Waals surface area contributed by atoms with Crippen molar-refractivity contribution in [2.45, 2.75) is 59.5 Å². The second-order valence-corrected chi connectivity index (χ2v) is 6.10. The molecule has 0 aromatic heterocycles. The maximum atomic E-state index is 11.5. The summed E-state index contributed by atoms with van der Waals surface area (Å²) in [6.45, 7) is 11.1. The van der Waals surface area contributed by atoms with Gasteiger partial charge in [0.05, 0.1) is 12.2 Å². The maximum absolute atomic E-state index is 11.5. The Bertz CT molecular complexity index is 366. The highest BCUT2D eigenvalue weighted by atomic mass is 16.5. The fraction of sp³-hybridized carbons (Fsp3) is 0.706. The van der Waals surface area contributed by atoms with Crippen LogP contribution in [-0.2, 0) is 9.47 Å². The van der Waals surface area contributed by atoms with Gasteiger partial charge < -0.3 is 14.8 Å². The molecule has 1 amide bonds. The third kappa shape index (κ3) is 12.2. The molecule has 0 fully saturated rings. The molecule has 0 saturated carbocycles. The van der Waals surface area contributed by atoms with Crippen LogP contribution in [-0.4, -0.2) is 32.0 Å². The molecule has 0 atom stereocenters. The molecule has 0 aliphatic carbocycles. The summed E-state index contributed by atoms with van der Waals surface area (Å²) in [6, 6.07) is 0. The number of nitrogens with one attached hydrogen (secondary N) is 1. The summed E-state index contributed by atoms with van der Waals surface area (Å²) in [5.74, 6) is 0. The van der Waals surface area contributed by atoms with Crippen molar-refractivity contribution in [1.82, 2.24) is 5.32 Å². The lowest BCUT2D eigenvalue weighted by Gasteiger charge is -2.22. The lowest BCUT2D eigenvalue weighted by atomic mass is 10.1. The first kappa shape index (κ1) is 19.7. The molecule has 1 N–H and O–H groups in total. The van der Waals surface area contributed by atoms with E-state index in [9.17, 15) is 4.79 Å². The number of hydrogen-bond donors (Lipinski definition) is 1. The fourth-order valence-corrected chi connectivity index (χ4v) is 1.54. The van der Waals surface area contributed by atoms with Crippen LogP contribution in [0.5, 0.6) is 0 Å². The minimum Gasteiger partial charge on any atom is -0.449 e. The topological polar surface area (TPSA) is 47.6 Å². The first-order chi connectivity index (χ1) is 9.76. The van der Waals surface area contributed by atoms with Gasteiger partial charge in [0.1, 0.15) is 0 Å². The van der Waals surface area contributed by atoms with E-state index in [0.717, 1.165) is 12.8 Å². The van der Waals surface area contributed by atoms with E-state index in [0.29, 0.717) is 19.6 Å². The molecule has 0 bridgehead atoms. The molecule has 122 valence electrons. The number of methoxy groups -OCH3 is 1. The summed E-state index contributed by atoms with van der Waals surface area (Å²) in [5, 5.41) is 2.72. The minimum atomic E-state index is -0.379. The standard InChI is InChI=1S/C17H31NO3/c1-14(2)8-7-9-15(3)10-12-18-16(19)21-13-11-17(4,5)20-6/h8,10H,7,9,11-13H2,1-6H3,(H,18,19). The van der Waals surface area contributed by atoms with Gasteiger partial charge in [0.25, 0.3) is 0 Å². The molecule has 0 heterocycles. The van der Waals surface area contributed by atoms with E-state index in [1.165, 1.54) is 11.1 Å². The zero-order valence-corrected chi connectivity index (χ0v) is 14.4.